The average molecular weight is 317 g/mol. The molecule has 0 saturated heterocycles. The number of hydrogen-bond acceptors (Lipinski definition) is 1. The standard InChI is InChI=1S/C19H25FN2O/c20-17-3-1-13(2-4-17)11-21-18(23)12-22-19-8-14-5-15(9-19)7-16(6-14)10-19/h1-4,14-16,22H,5-12H2,(H,21,23)/p+1. The fourth-order valence-electron chi connectivity index (χ4n) is 5.61. The Labute approximate surface area is 137 Å². The van der Waals surface area contributed by atoms with Crippen molar-refractivity contribution >= 4 is 5.91 Å². The number of amides is 1. The summed E-state index contributed by atoms with van der Waals surface area (Å²) in [5.74, 6) is 2.60. The van der Waals surface area contributed by atoms with Gasteiger partial charge in [-0.15, -0.1) is 0 Å². The molecule has 0 aromatic heterocycles. The average Bonchev–Trinajstić information content (AvgIpc) is 2.51. The van der Waals surface area contributed by atoms with Gasteiger partial charge in [-0.2, -0.15) is 0 Å². The van der Waals surface area contributed by atoms with E-state index in [0.717, 1.165) is 23.3 Å². The lowest BCUT2D eigenvalue weighted by Gasteiger charge is -2.54. The summed E-state index contributed by atoms with van der Waals surface area (Å²) in [7, 11) is 0. The number of carbonyl (C=O) groups excluding carboxylic acids is 1. The predicted molar refractivity (Wildman–Crippen MR) is 85.9 cm³/mol. The minimum atomic E-state index is -0.241. The number of benzene rings is 1. The van der Waals surface area contributed by atoms with Crippen LogP contribution in [0.25, 0.3) is 0 Å². The van der Waals surface area contributed by atoms with E-state index in [4.69, 9.17) is 0 Å². The lowest BCUT2D eigenvalue weighted by atomic mass is 9.53. The van der Waals surface area contributed by atoms with Crippen LogP contribution in [0.4, 0.5) is 4.39 Å². The number of rotatable bonds is 5. The number of hydrogen-bond donors (Lipinski definition) is 2. The number of nitrogens with two attached hydrogens (primary N) is 1. The van der Waals surface area contributed by atoms with Gasteiger partial charge < -0.3 is 10.6 Å². The van der Waals surface area contributed by atoms with Gasteiger partial charge in [-0.05, 0) is 54.7 Å². The van der Waals surface area contributed by atoms with Crippen LogP contribution in [0.5, 0.6) is 0 Å². The highest BCUT2D eigenvalue weighted by Gasteiger charge is 2.53. The summed E-state index contributed by atoms with van der Waals surface area (Å²) in [6, 6.07) is 6.31. The Morgan fingerprint density at radius 1 is 1.09 bits per heavy atom. The van der Waals surface area contributed by atoms with E-state index in [-0.39, 0.29) is 11.7 Å². The van der Waals surface area contributed by atoms with E-state index in [9.17, 15) is 9.18 Å². The van der Waals surface area contributed by atoms with Gasteiger partial charge >= 0.3 is 0 Å². The Kier molecular flexibility index (Phi) is 3.88. The summed E-state index contributed by atoms with van der Waals surface area (Å²) < 4.78 is 12.9. The highest BCUT2D eigenvalue weighted by Crippen LogP contribution is 2.54. The van der Waals surface area contributed by atoms with E-state index in [1.165, 1.54) is 50.7 Å². The molecule has 23 heavy (non-hydrogen) atoms. The zero-order valence-corrected chi connectivity index (χ0v) is 13.6. The molecule has 1 aromatic rings. The van der Waals surface area contributed by atoms with Crippen molar-refractivity contribution in [3.63, 3.8) is 0 Å². The lowest BCUT2D eigenvalue weighted by molar-refractivity contribution is -0.730. The molecule has 1 aromatic carbocycles. The van der Waals surface area contributed by atoms with Crippen molar-refractivity contribution < 1.29 is 14.5 Å². The largest absolute Gasteiger partial charge is 0.347 e. The quantitative estimate of drug-likeness (QED) is 0.857. The van der Waals surface area contributed by atoms with Gasteiger partial charge in [-0.3, -0.25) is 4.79 Å². The molecule has 124 valence electrons. The first-order valence-corrected chi connectivity index (χ1v) is 8.96. The maximum Gasteiger partial charge on any atom is 0.275 e. The van der Waals surface area contributed by atoms with Crippen molar-refractivity contribution in [2.75, 3.05) is 6.54 Å². The highest BCUT2D eigenvalue weighted by molar-refractivity contribution is 5.76. The highest BCUT2D eigenvalue weighted by atomic mass is 19.1. The second-order valence-corrected chi connectivity index (χ2v) is 8.09. The van der Waals surface area contributed by atoms with E-state index >= 15 is 0 Å². The van der Waals surface area contributed by atoms with Crippen LogP contribution in [0.15, 0.2) is 24.3 Å². The third-order valence-corrected chi connectivity index (χ3v) is 6.21. The fraction of sp³-hybridized carbons (Fsp3) is 0.632. The third kappa shape index (κ3) is 3.27. The molecule has 1 amide bonds. The topological polar surface area (TPSA) is 45.7 Å². The minimum Gasteiger partial charge on any atom is -0.347 e. The summed E-state index contributed by atoms with van der Waals surface area (Å²) in [6.07, 6.45) is 8.23. The molecule has 3 nitrogen and oxygen atoms in total. The SMILES string of the molecule is O=C(C[NH2+]C12CC3CC(CC(C3)C1)C2)NCc1ccc(F)cc1. The first-order chi connectivity index (χ1) is 11.1. The van der Waals surface area contributed by atoms with Crippen LogP contribution in [0.1, 0.15) is 44.1 Å². The van der Waals surface area contributed by atoms with E-state index in [0.29, 0.717) is 18.6 Å². The molecule has 0 spiro atoms. The molecule has 0 radical (unpaired) electrons. The van der Waals surface area contributed by atoms with Gasteiger partial charge in [0.2, 0.25) is 0 Å². The van der Waals surface area contributed by atoms with Crippen molar-refractivity contribution in [1.29, 1.82) is 0 Å². The van der Waals surface area contributed by atoms with Crippen LogP contribution in [0.2, 0.25) is 0 Å². The molecule has 0 unspecified atom stereocenters. The van der Waals surface area contributed by atoms with Crippen molar-refractivity contribution in [2.45, 2.75) is 50.6 Å². The minimum absolute atomic E-state index is 0.0880. The van der Waals surface area contributed by atoms with Crippen LogP contribution in [0, 0.1) is 23.6 Å². The van der Waals surface area contributed by atoms with Gasteiger partial charge in [0, 0.05) is 25.8 Å². The van der Waals surface area contributed by atoms with E-state index in [1.54, 1.807) is 12.1 Å². The van der Waals surface area contributed by atoms with Crippen LogP contribution >= 0.6 is 0 Å². The molecule has 4 fully saturated rings. The second kappa shape index (κ2) is 5.90. The molecule has 0 heterocycles. The Balaban J connectivity index is 1.27. The molecular formula is C19H26FN2O+. The van der Waals surface area contributed by atoms with Gasteiger partial charge in [0.1, 0.15) is 5.82 Å². The van der Waals surface area contributed by atoms with Crippen molar-refractivity contribution in [3.8, 4) is 0 Å². The normalized spacial score (nSPS) is 34.6. The molecule has 3 N–H and O–H groups in total. The van der Waals surface area contributed by atoms with Gasteiger partial charge in [0.05, 0.1) is 5.54 Å². The molecule has 0 atom stereocenters. The molecule has 4 heteroatoms. The lowest BCUT2D eigenvalue weighted by Crippen LogP contribution is -3.00. The van der Waals surface area contributed by atoms with E-state index in [1.807, 2.05) is 0 Å². The summed E-state index contributed by atoms with van der Waals surface area (Å²) in [4.78, 5) is 12.2. The van der Waals surface area contributed by atoms with Gasteiger partial charge in [-0.1, -0.05) is 12.1 Å². The molecule has 4 aliphatic carbocycles. The Hall–Kier alpha value is -1.42. The Morgan fingerprint density at radius 3 is 2.22 bits per heavy atom. The van der Waals surface area contributed by atoms with Gasteiger partial charge in [-0.25, -0.2) is 4.39 Å². The summed E-state index contributed by atoms with van der Waals surface area (Å²) in [6.45, 7) is 1.00. The Morgan fingerprint density at radius 2 is 1.65 bits per heavy atom. The predicted octanol–water partition coefficient (Wildman–Crippen LogP) is 1.97. The van der Waals surface area contributed by atoms with Crippen LogP contribution in [-0.4, -0.2) is 18.0 Å². The summed E-state index contributed by atoms with van der Waals surface area (Å²) in [5, 5.41) is 5.29. The molecule has 0 aliphatic heterocycles. The summed E-state index contributed by atoms with van der Waals surface area (Å²) in [5.41, 5.74) is 1.29. The molecule has 4 bridgehead atoms. The number of nitrogens with one attached hydrogen (secondary N) is 1. The van der Waals surface area contributed by atoms with E-state index < -0.39 is 0 Å². The number of carbonyl (C=O) groups is 1. The smallest absolute Gasteiger partial charge is 0.275 e. The zero-order chi connectivity index (χ0) is 15.9. The van der Waals surface area contributed by atoms with Crippen LogP contribution in [-0.2, 0) is 11.3 Å². The maximum absolute atomic E-state index is 12.9. The number of halogens is 1. The van der Waals surface area contributed by atoms with Crippen LogP contribution in [0.3, 0.4) is 0 Å². The molecule has 4 saturated carbocycles. The van der Waals surface area contributed by atoms with E-state index in [2.05, 4.69) is 10.6 Å². The monoisotopic (exact) mass is 317 g/mol. The maximum atomic E-state index is 12.9. The first kappa shape index (κ1) is 15.1. The fourth-order valence-corrected chi connectivity index (χ4v) is 5.61. The third-order valence-electron chi connectivity index (χ3n) is 6.21. The second-order valence-electron chi connectivity index (χ2n) is 8.09. The molecule has 5 rings (SSSR count). The number of quaternary nitrogens is 1. The van der Waals surface area contributed by atoms with Crippen molar-refractivity contribution in [1.82, 2.24) is 5.32 Å². The first-order valence-electron chi connectivity index (χ1n) is 8.96. The van der Waals surface area contributed by atoms with Crippen LogP contribution < -0.4 is 10.6 Å². The molecule has 4 aliphatic rings. The Bertz CT molecular complexity index is 548. The van der Waals surface area contributed by atoms with Crippen molar-refractivity contribution in [3.05, 3.63) is 35.6 Å². The summed E-state index contributed by atoms with van der Waals surface area (Å²) >= 11 is 0. The van der Waals surface area contributed by atoms with Crippen molar-refractivity contribution in [2.24, 2.45) is 17.8 Å². The molecular weight excluding hydrogens is 291 g/mol. The van der Waals surface area contributed by atoms with Gasteiger partial charge in [0.25, 0.3) is 5.91 Å². The van der Waals surface area contributed by atoms with Gasteiger partial charge in [0.15, 0.2) is 6.54 Å². The zero-order valence-electron chi connectivity index (χ0n) is 13.6.